The summed E-state index contributed by atoms with van der Waals surface area (Å²) in [4.78, 5) is 39.0. The van der Waals surface area contributed by atoms with Crippen LogP contribution in [0.15, 0.2) is 36.4 Å². The van der Waals surface area contributed by atoms with Crippen molar-refractivity contribution in [2.45, 2.75) is 39.7 Å². The lowest BCUT2D eigenvalue weighted by molar-refractivity contribution is -0.114. The molecule has 7 nitrogen and oxygen atoms in total. The zero-order valence-corrected chi connectivity index (χ0v) is 19.5. The van der Waals surface area contributed by atoms with Crippen LogP contribution in [0.3, 0.4) is 0 Å². The number of anilines is 2. The van der Waals surface area contributed by atoms with Crippen LogP contribution in [0, 0.1) is 6.92 Å². The number of ketones is 1. The highest BCUT2D eigenvalue weighted by Crippen LogP contribution is 2.38. The Morgan fingerprint density at radius 1 is 1.06 bits per heavy atom. The molecule has 2 heterocycles. The molecule has 0 aromatic heterocycles. The third kappa shape index (κ3) is 4.83. The zero-order valence-electron chi connectivity index (χ0n) is 19.5. The maximum atomic E-state index is 13.2. The van der Waals surface area contributed by atoms with E-state index in [9.17, 15) is 14.4 Å². The van der Waals surface area contributed by atoms with Crippen molar-refractivity contribution in [2.75, 3.05) is 30.8 Å². The molecule has 1 saturated heterocycles. The lowest BCUT2D eigenvalue weighted by Gasteiger charge is -2.31. The van der Waals surface area contributed by atoms with Crippen LogP contribution in [0.2, 0.25) is 0 Å². The standard InChI is InChI=1S/C26H30N4O3/c1-15-13-20(27-17(3)32)6-7-21(15)25(28-19-9-11-30(4)12-10-19)24-22-14-18(16(2)31)5-8-23(22)29-26(24)33/h5-8,13-14,19,28H,9-12H2,1-4H3,(H,27,32)(H,29,33). The van der Waals surface area contributed by atoms with Gasteiger partial charge in [0, 0.05) is 41.0 Å². The number of nitrogens with one attached hydrogen (secondary N) is 3. The number of carbonyl (C=O) groups excluding carboxylic acids is 3. The molecule has 2 amide bonds. The first-order valence-corrected chi connectivity index (χ1v) is 11.3. The van der Waals surface area contributed by atoms with Crippen molar-refractivity contribution < 1.29 is 14.4 Å². The Hall–Kier alpha value is -3.45. The molecular formula is C26H30N4O3. The molecule has 4 rings (SSSR count). The minimum Gasteiger partial charge on any atom is -0.381 e. The number of benzene rings is 2. The van der Waals surface area contributed by atoms with Crippen molar-refractivity contribution in [2.24, 2.45) is 0 Å². The van der Waals surface area contributed by atoms with Crippen molar-refractivity contribution in [3.63, 3.8) is 0 Å². The number of aryl methyl sites for hydroxylation is 1. The van der Waals surface area contributed by atoms with Gasteiger partial charge >= 0.3 is 0 Å². The van der Waals surface area contributed by atoms with Crippen LogP contribution >= 0.6 is 0 Å². The number of likely N-dealkylation sites (tertiary alicyclic amines) is 1. The largest absolute Gasteiger partial charge is 0.381 e. The lowest BCUT2D eigenvalue weighted by Crippen LogP contribution is -2.40. The molecule has 33 heavy (non-hydrogen) atoms. The van der Waals surface area contributed by atoms with Crippen molar-refractivity contribution in [3.8, 4) is 0 Å². The summed E-state index contributed by atoms with van der Waals surface area (Å²) in [6.07, 6.45) is 1.94. The zero-order chi connectivity index (χ0) is 23.7. The van der Waals surface area contributed by atoms with E-state index in [0.717, 1.165) is 48.3 Å². The molecule has 2 aliphatic rings. The second-order valence-electron chi connectivity index (χ2n) is 8.95. The van der Waals surface area contributed by atoms with Crippen LogP contribution in [-0.4, -0.2) is 48.7 Å². The summed E-state index contributed by atoms with van der Waals surface area (Å²) in [5, 5.41) is 9.44. The van der Waals surface area contributed by atoms with Gasteiger partial charge in [0.2, 0.25) is 5.91 Å². The Kier molecular flexibility index (Phi) is 6.33. The number of amides is 2. The van der Waals surface area contributed by atoms with Gasteiger partial charge in [-0.15, -0.1) is 0 Å². The molecule has 0 spiro atoms. The molecule has 7 heteroatoms. The summed E-state index contributed by atoms with van der Waals surface area (Å²) < 4.78 is 0. The maximum absolute atomic E-state index is 13.2. The number of piperidine rings is 1. The van der Waals surface area contributed by atoms with Gasteiger partial charge in [-0.1, -0.05) is 6.07 Å². The Labute approximate surface area is 194 Å². The maximum Gasteiger partial charge on any atom is 0.258 e. The minimum absolute atomic E-state index is 0.0443. The molecule has 172 valence electrons. The van der Waals surface area contributed by atoms with E-state index >= 15 is 0 Å². The fourth-order valence-corrected chi connectivity index (χ4v) is 4.50. The average Bonchev–Trinajstić information content (AvgIpc) is 3.08. The summed E-state index contributed by atoms with van der Waals surface area (Å²) in [7, 11) is 2.12. The predicted octanol–water partition coefficient (Wildman–Crippen LogP) is 3.66. The van der Waals surface area contributed by atoms with Crippen LogP contribution in [0.25, 0.3) is 11.3 Å². The van der Waals surface area contributed by atoms with E-state index in [-0.39, 0.29) is 23.6 Å². The van der Waals surface area contributed by atoms with Gasteiger partial charge in [-0.05, 0) is 82.7 Å². The summed E-state index contributed by atoms with van der Waals surface area (Å²) in [6.45, 7) is 6.94. The van der Waals surface area contributed by atoms with Gasteiger partial charge < -0.3 is 20.9 Å². The van der Waals surface area contributed by atoms with E-state index in [1.165, 1.54) is 13.8 Å². The highest BCUT2D eigenvalue weighted by atomic mass is 16.2. The second-order valence-corrected chi connectivity index (χ2v) is 8.95. The van der Waals surface area contributed by atoms with Crippen LogP contribution in [0.1, 0.15) is 53.7 Å². The smallest absolute Gasteiger partial charge is 0.258 e. The molecule has 0 saturated carbocycles. The van der Waals surface area contributed by atoms with Gasteiger partial charge in [0.05, 0.1) is 11.3 Å². The van der Waals surface area contributed by atoms with Crippen molar-refractivity contribution in [1.82, 2.24) is 10.2 Å². The molecule has 0 radical (unpaired) electrons. The molecule has 0 unspecified atom stereocenters. The number of hydrogen-bond donors (Lipinski definition) is 3. The third-order valence-electron chi connectivity index (χ3n) is 6.30. The van der Waals surface area contributed by atoms with Crippen molar-refractivity contribution in [3.05, 3.63) is 58.7 Å². The van der Waals surface area contributed by atoms with Gasteiger partial charge in [0.1, 0.15) is 0 Å². The molecule has 0 bridgehead atoms. The first-order valence-electron chi connectivity index (χ1n) is 11.3. The third-order valence-corrected chi connectivity index (χ3v) is 6.30. The molecular weight excluding hydrogens is 416 g/mol. The molecule has 2 aromatic rings. The SMILES string of the molecule is CC(=O)Nc1ccc(C(NC2CCN(C)CC2)=C2C(=O)Nc3ccc(C(C)=O)cc32)c(C)c1. The van der Waals surface area contributed by atoms with Crippen LogP contribution in [0.4, 0.5) is 11.4 Å². The molecule has 1 fully saturated rings. The van der Waals surface area contributed by atoms with E-state index in [1.807, 2.05) is 25.1 Å². The van der Waals surface area contributed by atoms with Crippen molar-refractivity contribution >= 4 is 40.2 Å². The summed E-state index contributed by atoms with van der Waals surface area (Å²) in [5.41, 5.74) is 5.85. The van der Waals surface area contributed by atoms with Gasteiger partial charge in [0.25, 0.3) is 5.91 Å². The molecule has 3 N–H and O–H groups in total. The second kappa shape index (κ2) is 9.19. The average molecular weight is 447 g/mol. The molecule has 2 aliphatic heterocycles. The molecule has 0 aliphatic carbocycles. The van der Waals surface area contributed by atoms with Gasteiger partial charge in [-0.2, -0.15) is 0 Å². The Balaban J connectivity index is 1.84. The highest BCUT2D eigenvalue weighted by molar-refractivity contribution is 6.37. The van der Waals surface area contributed by atoms with E-state index in [0.29, 0.717) is 22.5 Å². The van der Waals surface area contributed by atoms with Crippen molar-refractivity contribution in [1.29, 1.82) is 0 Å². The fourth-order valence-electron chi connectivity index (χ4n) is 4.50. The van der Waals surface area contributed by atoms with Crippen LogP contribution in [-0.2, 0) is 9.59 Å². The topological polar surface area (TPSA) is 90.5 Å². The van der Waals surface area contributed by atoms with Gasteiger partial charge in [0.15, 0.2) is 5.78 Å². The van der Waals surface area contributed by atoms with Gasteiger partial charge in [-0.3, -0.25) is 14.4 Å². The summed E-state index contributed by atoms with van der Waals surface area (Å²) in [6, 6.07) is 11.2. The van der Waals surface area contributed by atoms with Crippen LogP contribution < -0.4 is 16.0 Å². The summed E-state index contributed by atoms with van der Waals surface area (Å²) in [5.74, 6) is -0.366. The number of Topliss-reactive ketones (excluding diaryl/α,β-unsaturated/α-hetero) is 1. The monoisotopic (exact) mass is 446 g/mol. The van der Waals surface area contributed by atoms with Gasteiger partial charge in [-0.25, -0.2) is 0 Å². The quantitative estimate of drug-likeness (QED) is 0.482. The Morgan fingerprint density at radius 2 is 1.79 bits per heavy atom. The normalized spacial score (nSPS) is 17.9. The predicted molar refractivity (Wildman–Crippen MR) is 131 cm³/mol. The van der Waals surface area contributed by atoms with E-state index in [2.05, 4.69) is 27.9 Å². The van der Waals surface area contributed by atoms with E-state index < -0.39 is 0 Å². The first kappa shape index (κ1) is 22.7. The highest BCUT2D eigenvalue weighted by Gasteiger charge is 2.31. The lowest BCUT2D eigenvalue weighted by atomic mass is 9.94. The fraction of sp³-hybridized carbons (Fsp3) is 0.346. The molecule has 2 aromatic carbocycles. The molecule has 0 atom stereocenters. The Bertz CT molecular complexity index is 1160. The number of nitrogens with zero attached hydrogens (tertiary/aromatic N) is 1. The number of rotatable bonds is 5. The van der Waals surface area contributed by atoms with Crippen LogP contribution in [0.5, 0.6) is 0 Å². The number of carbonyl (C=O) groups is 3. The first-order chi connectivity index (χ1) is 15.7. The summed E-state index contributed by atoms with van der Waals surface area (Å²) >= 11 is 0. The number of fused-ring (bicyclic) bond motifs is 1. The van der Waals surface area contributed by atoms with E-state index in [1.54, 1.807) is 18.2 Å². The Morgan fingerprint density at radius 3 is 2.42 bits per heavy atom. The number of hydrogen-bond acceptors (Lipinski definition) is 5. The minimum atomic E-state index is -0.188. The van der Waals surface area contributed by atoms with E-state index in [4.69, 9.17) is 0 Å².